The van der Waals surface area contributed by atoms with Crippen molar-refractivity contribution in [3.05, 3.63) is 0 Å². The highest BCUT2D eigenvalue weighted by atomic mass is 16.8. The maximum Gasteiger partial charge on any atom is 0.303 e. The van der Waals surface area contributed by atoms with E-state index in [-0.39, 0.29) is 13.0 Å². The van der Waals surface area contributed by atoms with Crippen molar-refractivity contribution >= 4 is 17.8 Å². The number of esters is 2. The van der Waals surface area contributed by atoms with Gasteiger partial charge in [0.05, 0.1) is 19.1 Å². The summed E-state index contributed by atoms with van der Waals surface area (Å²) in [6.07, 6.45) is -4.01. The monoisotopic (exact) mass is 326 g/mol. The molecule has 2 fully saturated rings. The molecule has 0 aromatic carbocycles. The molecule has 0 spiro atoms. The lowest BCUT2D eigenvalue weighted by Gasteiger charge is -2.48. The number of fused-ring (bicyclic) bond motifs is 2. The fourth-order valence-electron chi connectivity index (χ4n) is 3.04. The van der Waals surface area contributed by atoms with E-state index < -0.39 is 48.0 Å². The number of nitriles is 1. The van der Waals surface area contributed by atoms with Crippen LogP contribution >= 0.6 is 0 Å². The van der Waals surface area contributed by atoms with Gasteiger partial charge in [-0.15, -0.1) is 0 Å². The molecule has 0 aliphatic carbocycles. The van der Waals surface area contributed by atoms with E-state index in [4.69, 9.17) is 18.9 Å². The first-order chi connectivity index (χ1) is 10.8. The SMILES string of the molecule is CC(=O)N[C@@]1(CC#N)[C@H](OC(C)=O)[C@@H]2OC[C@@H](O2)[C@H]1OC(C)=O. The van der Waals surface area contributed by atoms with Crippen LogP contribution in [0.1, 0.15) is 27.2 Å². The Bertz CT molecular complexity index is 526. The van der Waals surface area contributed by atoms with Crippen molar-refractivity contribution in [2.45, 2.75) is 57.3 Å². The van der Waals surface area contributed by atoms with Gasteiger partial charge in [0.1, 0.15) is 11.6 Å². The van der Waals surface area contributed by atoms with E-state index in [2.05, 4.69) is 5.32 Å². The summed E-state index contributed by atoms with van der Waals surface area (Å²) in [5.74, 6) is -1.71. The predicted octanol–water partition coefficient (Wildman–Crippen LogP) is -0.607. The zero-order valence-corrected chi connectivity index (χ0v) is 13.0. The van der Waals surface area contributed by atoms with Gasteiger partial charge in [-0.3, -0.25) is 14.4 Å². The van der Waals surface area contributed by atoms with Gasteiger partial charge in [-0.1, -0.05) is 0 Å². The summed E-state index contributed by atoms with van der Waals surface area (Å²) in [5.41, 5.74) is -1.44. The first-order valence-electron chi connectivity index (χ1n) is 7.07. The summed E-state index contributed by atoms with van der Waals surface area (Å²) in [6.45, 7) is 3.74. The summed E-state index contributed by atoms with van der Waals surface area (Å²) >= 11 is 0. The Morgan fingerprint density at radius 1 is 1.22 bits per heavy atom. The first-order valence-corrected chi connectivity index (χ1v) is 7.07. The van der Waals surface area contributed by atoms with Gasteiger partial charge in [-0.2, -0.15) is 5.26 Å². The molecule has 2 aliphatic rings. The lowest BCUT2D eigenvalue weighted by molar-refractivity contribution is -0.240. The Kier molecular flexibility index (Phi) is 4.87. The van der Waals surface area contributed by atoms with Crippen molar-refractivity contribution in [1.29, 1.82) is 5.26 Å². The molecule has 9 heteroatoms. The Labute approximate surface area is 132 Å². The minimum absolute atomic E-state index is 0.0904. The van der Waals surface area contributed by atoms with Crippen molar-refractivity contribution in [1.82, 2.24) is 5.32 Å². The summed E-state index contributed by atoms with van der Waals surface area (Å²) in [4.78, 5) is 34.6. The van der Waals surface area contributed by atoms with Gasteiger partial charge < -0.3 is 24.3 Å². The number of hydrogen-bond acceptors (Lipinski definition) is 8. The van der Waals surface area contributed by atoms with Crippen molar-refractivity contribution in [3.8, 4) is 6.07 Å². The average Bonchev–Trinajstić information content (AvgIpc) is 2.85. The Balaban J connectivity index is 2.51. The van der Waals surface area contributed by atoms with Gasteiger partial charge in [0, 0.05) is 20.8 Å². The van der Waals surface area contributed by atoms with Crippen LogP contribution in [-0.2, 0) is 33.3 Å². The minimum atomic E-state index is -1.44. The van der Waals surface area contributed by atoms with Crippen molar-refractivity contribution in [2.75, 3.05) is 6.61 Å². The standard InChI is InChI=1S/C14H18N2O7/c1-7(17)16-14(4-5-15)11(21-8(2)18)10-6-20-13(23-10)12(14)22-9(3)19/h10-13H,4,6H2,1-3H3,(H,16,17)/t10-,11-,12-,13-,14-/m1/s1. The Hall–Kier alpha value is -2.18. The molecule has 23 heavy (non-hydrogen) atoms. The van der Waals surface area contributed by atoms with Gasteiger partial charge >= 0.3 is 11.9 Å². The molecule has 9 nitrogen and oxygen atoms in total. The summed E-state index contributed by atoms with van der Waals surface area (Å²) in [5, 5.41) is 11.9. The van der Waals surface area contributed by atoms with Crippen molar-refractivity contribution in [2.24, 2.45) is 0 Å². The molecule has 1 N–H and O–H groups in total. The molecule has 2 bridgehead atoms. The highest BCUT2D eigenvalue weighted by Gasteiger charge is 2.64. The van der Waals surface area contributed by atoms with E-state index >= 15 is 0 Å². The number of nitrogens with zero attached hydrogens (tertiary/aromatic N) is 1. The third-order valence-corrected chi connectivity index (χ3v) is 3.70. The predicted molar refractivity (Wildman–Crippen MR) is 72.5 cm³/mol. The Morgan fingerprint density at radius 2 is 1.83 bits per heavy atom. The van der Waals surface area contributed by atoms with E-state index in [0.717, 1.165) is 0 Å². The second-order valence-electron chi connectivity index (χ2n) is 5.49. The van der Waals surface area contributed by atoms with E-state index in [1.807, 2.05) is 6.07 Å². The molecule has 126 valence electrons. The van der Waals surface area contributed by atoms with E-state index in [9.17, 15) is 19.6 Å². The molecule has 0 aromatic heterocycles. The van der Waals surface area contributed by atoms with E-state index in [1.54, 1.807) is 0 Å². The fourth-order valence-corrected chi connectivity index (χ4v) is 3.04. The molecule has 0 saturated carbocycles. The fraction of sp³-hybridized carbons (Fsp3) is 0.714. The topological polar surface area (TPSA) is 124 Å². The molecule has 2 rings (SSSR count). The van der Waals surface area contributed by atoms with Crippen LogP contribution in [0, 0.1) is 11.3 Å². The van der Waals surface area contributed by atoms with Crippen LogP contribution < -0.4 is 5.32 Å². The third kappa shape index (κ3) is 3.28. The number of nitrogens with one attached hydrogen (secondary N) is 1. The largest absolute Gasteiger partial charge is 0.457 e. The summed E-state index contributed by atoms with van der Waals surface area (Å²) in [6, 6.07) is 1.95. The smallest absolute Gasteiger partial charge is 0.303 e. The lowest BCUT2D eigenvalue weighted by atomic mass is 9.78. The van der Waals surface area contributed by atoms with Gasteiger partial charge in [-0.05, 0) is 0 Å². The van der Waals surface area contributed by atoms with Crippen LogP contribution in [0.2, 0.25) is 0 Å². The maximum atomic E-state index is 11.7. The highest BCUT2D eigenvalue weighted by molar-refractivity contribution is 5.75. The number of hydrogen-bond donors (Lipinski definition) is 1. The van der Waals surface area contributed by atoms with Crippen LogP contribution in [0.5, 0.6) is 0 Å². The molecule has 0 radical (unpaired) electrons. The van der Waals surface area contributed by atoms with Crippen LogP contribution in [0.25, 0.3) is 0 Å². The average molecular weight is 326 g/mol. The quantitative estimate of drug-likeness (QED) is 0.679. The number of carbonyl (C=O) groups excluding carboxylic acids is 3. The maximum absolute atomic E-state index is 11.7. The zero-order valence-electron chi connectivity index (χ0n) is 13.0. The van der Waals surface area contributed by atoms with Crippen LogP contribution in [0.4, 0.5) is 0 Å². The van der Waals surface area contributed by atoms with Crippen LogP contribution in [0.3, 0.4) is 0 Å². The van der Waals surface area contributed by atoms with Crippen LogP contribution in [0.15, 0.2) is 0 Å². The molecule has 0 unspecified atom stereocenters. The summed E-state index contributed by atoms with van der Waals surface area (Å²) < 4.78 is 21.6. The zero-order chi connectivity index (χ0) is 17.2. The lowest BCUT2D eigenvalue weighted by Crippen LogP contribution is -2.72. The molecular formula is C14H18N2O7. The number of amides is 1. The second-order valence-corrected chi connectivity index (χ2v) is 5.49. The normalized spacial score (nSPS) is 35.0. The molecule has 2 aliphatic heterocycles. The molecule has 0 aromatic rings. The summed E-state index contributed by atoms with van der Waals surface area (Å²) in [7, 11) is 0. The van der Waals surface area contributed by atoms with E-state index in [1.165, 1.54) is 20.8 Å². The van der Waals surface area contributed by atoms with Crippen molar-refractivity contribution in [3.63, 3.8) is 0 Å². The van der Waals surface area contributed by atoms with E-state index in [0.29, 0.717) is 0 Å². The van der Waals surface area contributed by atoms with Gasteiger partial charge in [-0.25, -0.2) is 0 Å². The van der Waals surface area contributed by atoms with Gasteiger partial charge in [0.15, 0.2) is 18.5 Å². The number of carbonyl (C=O) groups is 3. The third-order valence-electron chi connectivity index (χ3n) is 3.70. The number of ether oxygens (including phenoxy) is 4. The molecular weight excluding hydrogens is 308 g/mol. The van der Waals surface area contributed by atoms with Gasteiger partial charge in [0.25, 0.3) is 0 Å². The number of rotatable bonds is 4. The highest BCUT2D eigenvalue weighted by Crippen LogP contribution is 2.40. The van der Waals surface area contributed by atoms with Crippen LogP contribution in [-0.4, -0.2) is 54.6 Å². The molecule has 5 atom stereocenters. The molecule has 2 saturated heterocycles. The minimum Gasteiger partial charge on any atom is -0.457 e. The Morgan fingerprint density at radius 3 is 2.35 bits per heavy atom. The van der Waals surface area contributed by atoms with Gasteiger partial charge in [0.2, 0.25) is 5.91 Å². The molecule has 2 heterocycles. The first kappa shape index (κ1) is 17.2. The second kappa shape index (κ2) is 6.52. The van der Waals surface area contributed by atoms with Crippen molar-refractivity contribution < 1.29 is 33.3 Å². The molecule has 1 amide bonds.